The summed E-state index contributed by atoms with van der Waals surface area (Å²) in [6, 6.07) is 7.68. The molecule has 112 valence electrons. The van der Waals surface area contributed by atoms with Gasteiger partial charge < -0.3 is 10.6 Å². The van der Waals surface area contributed by atoms with Crippen molar-refractivity contribution < 1.29 is 0 Å². The summed E-state index contributed by atoms with van der Waals surface area (Å²) in [4.78, 5) is 2.58. The molecule has 1 unspecified atom stereocenters. The van der Waals surface area contributed by atoms with Gasteiger partial charge in [-0.1, -0.05) is 24.6 Å². The molecule has 1 aliphatic carbocycles. The van der Waals surface area contributed by atoms with Gasteiger partial charge in [0.05, 0.1) is 0 Å². The van der Waals surface area contributed by atoms with E-state index in [1.165, 1.54) is 36.2 Å². The summed E-state index contributed by atoms with van der Waals surface area (Å²) >= 11 is 0. The van der Waals surface area contributed by atoms with Crippen LogP contribution in [0.2, 0.25) is 0 Å². The van der Waals surface area contributed by atoms with Crippen LogP contribution in [0.5, 0.6) is 0 Å². The standard InChI is InChI=1S/C18H30N2/c1-5-17(19)11-16-10-14(4)6-9-18(16)20(13(2)3)12-15-7-8-15/h6,9-10,13,15,17H,5,7-8,11-12,19H2,1-4H3. The summed E-state index contributed by atoms with van der Waals surface area (Å²) in [6.07, 6.45) is 4.83. The molecule has 0 heterocycles. The third-order valence-electron chi connectivity index (χ3n) is 4.33. The summed E-state index contributed by atoms with van der Waals surface area (Å²) in [7, 11) is 0. The molecule has 2 rings (SSSR count). The first-order chi connectivity index (χ1) is 9.51. The van der Waals surface area contributed by atoms with Gasteiger partial charge in [-0.15, -0.1) is 0 Å². The molecule has 1 aromatic carbocycles. The van der Waals surface area contributed by atoms with E-state index in [1.807, 2.05) is 0 Å². The van der Waals surface area contributed by atoms with Gasteiger partial charge >= 0.3 is 0 Å². The molecule has 0 aromatic heterocycles. The minimum Gasteiger partial charge on any atom is -0.369 e. The van der Waals surface area contributed by atoms with Gasteiger partial charge in [0.1, 0.15) is 0 Å². The summed E-state index contributed by atoms with van der Waals surface area (Å²) < 4.78 is 0. The second-order valence-electron chi connectivity index (χ2n) is 6.69. The second-order valence-corrected chi connectivity index (χ2v) is 6.69. The summed E-state index contributed by atoms with van der Waals surface area (Å²) in [6.45, 7) is 10.1. The van der Waals surface area contributed by atoms with E-state index in [0.717, 1.165) is 18.8 Å². The number of rotatable bonds is 7. The first-order valence-corrected chi connectivity index (χ1v) is 8.13. The van der Waals surface area contributed by atoms with Crippen molar-refractivity contribution in [3.05, 3.63) is 29.3 Å². The average molecular weight is 274 g/mol. The third kappa shape index (κ3) is 3.99. The van der Waals surface area contributed by atoms with E-state index in [1.54, 1.807) is 0 Å². The fraction of sp³-hybridized carbons (Fsp3) is 0.667. The van der Waals surface area contributed by atoms with Gasteiger partial charge in [-0.05, 0) is 64.0 Å². The Hall–Kier alpha value is -1.02. The molecule has 0 saturated heterocycles. The predicted molar refractivity (Wildman–Crippen MR) is 88.4 cm³/mol. The minimum absolute atomic E-state index is 0.269. The van der Waals surface area contributed by atoms with Gasteiger partial charge in [0.2, 0.25) is 0 Å². The normalized spacial score (nSPS) is 16.5. The number of benzene rings is 1. The fourth-order valence-electron chi connectivity index (χ4n) is 2.75. The zero-order valence-electron chi connectivity index (χ0n) is 13.5. The lowest BCUT2D eigenvalue weighted by Gasteiger charge is -2.32. The molecule has 0 aliphatic heterocycles. The van der Waals surface area contributed by atoms with Crippen LogP contribution < -0.4 is 10.6 Å². The van der Waals surface area contributed by atoms with Crippen molar-refractivity contribution >= 4 is 5.69 Å². The largest absolute Gasteiger partial charge is 0.369 e. The molecule has 0 spiro atoms. The number of nitrogens with two attached hydrogens (primary N) is 1. The molecule has 1 aromatic rings. The van der Waals surface area contributed by atoms with E-state index in [0.29, 0.717) is 6.04 Å². The minimum atomic E-state index is 0.269. The Labute approximate surface area is 124 Å². The molecule has 1 aliphatic rings. The SMILES string of the molecule is CCC(N)Cc1cc(C)ccc1N(CC1CC1)C(C)C. The number of nitrogens with zero attached hydrogens (tertiary/aromatic N) is 1. The van der Waals surface area contributed by atoms with Crippen LogP contribution in [0.25, 0.3) is 0 Å². The molecule has 1 fully saturated rings. The molecule has 0 radical (unpaired) electrons. The Morgan fingerprint density at radius 3 is 2.55 bits per heavy atom. The molecule has 2 N–H and O–H groups in total. The summed E-state index contributed by atoms with van der Waals surface area (Å²) in [5.41, 5.74) is 10.4. The fourth-order valence-corrected chi connectivity index (χ4v) is 2.75. The van der Waals surface area contributed by atoms with E-state index in [-0.39, 0.29) is 6.04 Å². The Morgan fingerprint density at radius 2 is 2.00 bits per heavy atom. The van der Waals surface area contributed by atoms with Gasteiger partial charge in [0.15, 0.2) is 0 Å². The lowest BCUT2D eigenvalue weighted by atomic mass is 9.99. The van der Waals surface area contributed by atoms with E-state index >= 15 is 0 Å². The predicted octanol–water partition coefficient (Wildman–Crippen LogP) is 3.90. The molecule has 20 heavy (non-hydrogen) atoms. The van der Waals surface area contributed by atoms with Crippen LogP contribution in [0.4, 0.5) is 5.69 Å². The van der Waals surface area contributed by atoms with Crippen LogP contribution in [0.1, 0.15) is 51.2 Å². The highest BCUT2D eigenvalue weighted by Gasteiger charge is 2.26. The van der Waals surface area contributed by atoms with Crippen LogP contribution in [-0.4, -0.2) is 18.6 Å². The number of aryl methyl sites for hydroxylation is 1. The van der Waals surface area contributed by atoms with Crippen LogP contribution in [0.15, 0.2) is 18.2 Å². The molecule has 1 saturated carbocycles. The third-order valence-corrected chi connectivity index (χ3v) is 4.33. The van der Waals surface area contributed by atoms with Crippen molar-refractivity contribution in [2.24, 2.45) is 11.7 Å². The van der Waals surface area contributed by atoms with Gasteiger partial charge in [0.25, 0.3) is 0 Å². The van der Waals surface area contributed by atoms with Crippen LogP contribution >= 0.6 is 0 Å². The van der Waals surface area contributed by atoms with E-state index in [2.05, 4.69) is 50.8 Å². The van der Waals surface area contributed by atoms with E-state index < -0.39 is 0 Å². The molecular weight excluding hydrogens is 244 g/mol. The van der Waals surface area contributed by atoms with Crippen LogP contribution in [0.3, 0.4) is 0 Å². The molecule has 0 bridgehead atoms. The molecule has 1 atom stereocenters. The van der Waals surface area contributed by atoms with E-state index in [9.17, 15) is 0 Å². The number of hydrogen-bond acceptors (Lipinski definition) is 2. The van der Waals surface area contributed by atoms with E-state index in [4.69, 9.17) is 5.73 Å². The number of anilines is 1. The monoisotopic (exact) mass is 274 g/mol. The van der Waals surface area contributed by atoms with Crippen molar-refractivity contribution in [2.75, 3.05) is 11.4 Å². The maximum atomic E-state index is 6.20. The Kier molecular flexibility index (Phi) is 5.09. The highest BCUT2D eigenvalue weighted by atomic mass is 15.2. The summed E-state index contributed by atoms with van der Waals surface area (Å²) in [5, 5.41) is 0. The zero-order valence-corrected chi connectivity index (χ0v) is 13.5. The van der Waals surface area contributed by atoms with Crippen molar-refractivity contribution in [2.45, 2.75) is 65.5 Å². The Bertz CT molecular complexity index is 435. The van der Waals surface area contributed by atoms with Crippen molar-refractivity contribution in [1.29, 1.82) is 0 Å². The van der Waals surface area contributed by atoms with Gasteiger partial charge in [-0.2, -0.15) is 0 Å². The average Bonchev–Trinajstić information content (AvgIpc) is 3.20. The molecule has 2 nitrogen and oxygen atoms in total. The summed E-state index contributed by atoms with van der Waals surface area (Å²) in [5.74, 6) is 0.909. The smallest absolute Gasteiger partial charge is 0.0401 e. The van der Waals surface area contributed by atoms with Crippen LogP contribution in [0, 0.1) is 12.8 Å². The maximum absolute atomic E-state index is 6.20. The molecule has 0 amide bonds. The second kappa shape index (κ2) is 6.62. The van der Waals surface area contributed by atoms with Gasteiger partial charge in [-0.25, -0.2) is 0 Å². The lowest BCUT2D eigenvalue weighted by molar-refractivity contribution is 0.623. The first kappa shape index (κ1) is 15.4. The Morgan fingerprint density at radius 1 is 1.30 bits per heavy atom. The van der Waals surface area contributed by atoms with Gasteiger partial charge in [0, 0.05) is 24.3 Å². The molecular formula is C18H30N2. The first-order valence-electron chi connectivity index (χ1n) is 8.13. The quantitative estimate of drug-likeness (QED) is 0.817. The van der Waals surface area contributed by atoms with Crippen molar-refractivity contribution in [3.63, 3.8) is 0 Å². The number of hydrogen-bond donors (Lipinski definition) is 1. The van der Waals surface area contributed by atoms with Crippen molar-refractivity contribution in [1.82, 2.24) is 0 Å². The molecule has 2 heteroatoms. The van der Waals surface area contributed by atoms with Gasteiger partial charge in [-0.3, -0.25) is 0 Å². The maximum Gasteiger partial charge on any atom is 0.0401 e. The highest BCUT2D eigenvalue weighted by molar-refractivity contribution is 5.56. The zero-order chi connectivity index (χ0) is 14.7. The topological polar surface area (TPSA) is 29.3 Å². The van der Waals surface area contributed by atoms with Crippen molar-refractivity contribution in [3.8, 4) is 0 Å². The lowest BCUT2D eigenvalue weighted by Crippen LogP contribution is -2.34. The Balaban J connectivity index is 2.26. The van der Waals surface area contributed by atoms with Crippen LogP contribution in [-0.2, 0) is 6.42 Å². The highest BCUT2D eigenvalue weighted by Crippen LogP contribution is 2.34.